The zero-order valence-corrected chi connectivity index (χ0v) is 18.7. The van der Waals surface area contributed by atoms with Gasteiger partial charge in [0.05, 0.1) is 12.1 Å². The Morgan fingerprint density at radius 1 is 1.28 bits per heavy atom. The van der Waals surface area contributed by atoms with Crippen LogP contribution >= 0.6 is 15.9 Å². The lowest BCUT2D eigenvalue weighted by molar-refractivity contribution is 0.0958. The average Bonchev–Trinajstić information content (AvgIpc) is 3.04. The van der Waals surface area contributed by atoms with Crippen LogP contribution in [0.1, 0.15) is 31.9 Å². The van der Waals surface area contributed by atoms with Crippen LogP contribution in [0.5, 0.6) is 0 Å². The number of aromatic nitrogens is 2. The molecule has 1 aromatic carbocycles. The third-order valence-corrected chi connectivity index (χ3v) is 6.94. The minimum absolute atomic E-state index is 0.0680. The van der Waals surface area contributed by atoms with Crippen molar-refractivity contribution in [1.29, 1.82) is 0 Å². The highest BCUT2D eigenvalue weighted by atomic mass is 79.9. The molecule has 0 unspecified atom stereocenters. The third kappa shape index (κ3) is 4.16. The lowest BCUT2D eigenvalue weighted by Gasteiger charge is -2.33. The van der Waals surface area contributed by atoms with E-state index in [0.717, 1.165) is 5.56 Å². The van der Waals surface area contributed by atoms with Gasteiger partial charge in [-0.15, -0.1) is 0 Å². The molecule has 0 aliphatic rings. The first-order valence-corrected chi connectivity index (χ1v) is 11.5. The largest absolute Gasteiger partial charge is 0.465 e. The summed E-state index contributed by atoms with van der Waals surface area (Å²) in [6.45, 7) is 5.47. The molecule has 0 saturated carbocycles. The first kappa shape index (κ1) is 21.3. The molecule has 0 saturated heterocycles. The van der Waals surface area contributed by atoms with Crippen molar-refractivity contribution in [2.45, 2.75) is 43.1 Å². The fourth-order valence-electron chi connectivity index (χ4n) is 3.10. The maximum absolute atomic E-state index is 13.3. The Morgan fingerprint density at radius 2 is 2.00 bits per heavy atom. The van der Waals surface area contributed by atoms with Crippen LogP contribution in [0.3, 0.4) is 0 Å². The summed E-state index contributed by atoms with van der Waals surface area (Å²) >= 11 is 3.40. The van der Waals surface area contributed by atoms with Crippen LogP contribution in [0.4, 0.5) is 4.79 Å². The minimum atomic E-state index is -3.89. The predicted molar refractivity (Wildman–Crippen MR) is 115 cm³/mol. The van der Waals surface area contributed by atoms with Gasteiger partial charge in [0.2, 0.25) is 0 Å². The topological polar surface area (TPSA) is 92.5 Å². The molecule has 29 heavy (non-hydrogen) atoms. The van der Waals surface area contributed by atoms with Gasteiger partial charge in [-0.3, -0.25) is 9.88 Å². The van der Waals surface area contributed by atoms with E-state index in [-0.39, 0.29) is 11.4 Å². The number of pyridine rings is 1. The van der Waals surface area contributed by atoms with Crippen molar-refractivity contribution in [3.05, 3.63) is 60.0 Å². The molecular formula is C20H22BrN3O4S. The van der Waals surface area contributed by atoms with E-state index >= 15 is 0 Å². The van der Waals surface area contributed by atoms with Crippen LogP contribution < -0.4 is 0 Å². The standard InChI is InChI=1S/C20H22BrN3O4S/c1-20(2,3)23(19(25)26)12-15-13-24(18-9-14(10-21)6-7-17(15)18)29(27,28)16-5-4-8-22-11-16/h4-9,11,13H,10,12H2,1-3H3,(H,25,26). The van der Waals surface area contributed by atoms with E-state index in [2.05, 4.69) is 20.9 Å². The Morgan fingerprint density at radius 3 is 2.55 bits per heavy atom. The second kappa shape index (κ2) is 7.79. The number of halogens is 1. The number of nitrogens with zero attached hydrogens (tertiary/aromatic N) is 3. The van der Waals surface area contributed by atoms with Gasteiger partial charge in [0.1, 0.15) is 4.90 Å². The highest BCUT2D eigenvalue weighted by Crippen LogP contribution is 2.30. The van der Waals surface area contributed by atoms with Crippen LogP contribution in [0, 0.1) is 0 Å². The smallest absolute Gasteiger partial charge is 0.408 e. The Bertz CT molecular complexity index is 1150. The van der Waals surface area contributed by atoms with Gasteiger partial charge >= 0.3 is 6.09 Å². The molecule has 9 heteroatoms. The SMILES string of the molecule is CC(C)(C)N(Cc1cn(S(=O)(=O)c2cccnc2)c2cc(CBr)ccc12)C(=O)O. The van der Waals surface area contributed by atoms with Gasteiger partial charge in [0, 0.05) is 34.8 Å². The molecule has 3 rings (SSSR count). The number of hydrogen-bond donors (Lipinski definition) is 1. The fourth-order valence-corrected chi connectivity index (χ4v) is 4.79. The summed E-state index contributed by atoms with van der Waals surface area (Å²) in [5.41, 5.74) is 1.39. The summed E-state index contributed by atoms with van der Waals surface area (Å²) in [5, 5.41) is 10.9. The zero-order valence-electron chi connectivity index (χ0n) is 16.3. The monoisotopic (exact) mass is 479 g/mol. The van der Waals surface area contributed by atoms with Crippen molar-refractivity contribution >= 4 is 42.9 Å². The van der Waals surface area contributed by atoms with Crippen molar-refractivity contribution in [2.75, 3.05) is 0 Å². The molecule has 2 aromatic heterocycles. The summed E-state index contributed by atoms with van der Waals surface area (Å²) in [6.07, 6.45) is 3.25. The second-order valence-corrected chi connectivity index (χ2v) is 10.0. The van der Waals surface area contributed by atoms with Crippen molar-refractivity contribution in [3.8, 4) is 0 Å². The maximum Gasteiger partial charge on any atom is 0.408 e. The summed E-state index contributed by atoms with van der Waals surface area (Å²) in [7, 11) is -3.89. The van der Waals surface area contributed by atoms with E-state index < -0.39 is 21.7 Å². The van der Waals surface area contributed by atoms with Crippen molar-refractivity contribution in [3.63, 3.8) is 0 Å². The van der Waals surface area contributed by atoms with E-state index in [1.165, 1.54) is 33.5 Å². The molecule has 3 aromatic rings. The summed E-state index contributed by atoms with van der Waals surface area (Å²) in [4.78, 5) is 17.1. The molecule has 2 heterocycles. The van der Waals surface area contributed by atoms with E-state index in [4.69, 9.17) is 0 Å². The van der Waals surface area contributed by atoms with E-state index in [9.17, 15) is 18.3 Å². The highest BCUT2D eigenvalue weighted by molar-refractivity contribution is 9.08. The summed E-state index contributed by atoms with van der Waals surface area (Å²) in [6, 6.07) is 8.57. The number of alkyl halides is 1. The first-order valence-electron chi connectivity index (χ1n) is 8.90. The number of hydrogen-bond acceptors (Lipinski definition) is 4. The Balaban J connectivity index is 2.23. The normalized spacial score (nSPS) is 12.3. The molecular weight excluding hydrogens is 458 g/mol. The van der Waals surface area contributed by atoms with Crippen LogP contribution in [0.2, 0.25) is 0 Å². The van der Waals surface area contributed by atoms with Crippen LogP contribution in [0.25, 0.3) is 10.9 Å². The first-order chi connectivity index (χ1) is 13.6. The third-order valence-electron chi connectivity index (χ3n) is 4.63. The van der Waals surface area contributed by atoms with Crippen LogP contribution in [-0.2, 0) is 21.9 Å². The molecule has 0 radical (unpaired) electrons. The molecule has 0 spiro atoms. The predicted octanol–water partition coefficient (Wildman–Crippen LogP) is 4.45. The van der Waals surface area contributed by atoms with Crippen molar-refractivity contribution in [1.82, 2.24) is 13.9 Å². The Kier molecular flexibility index (Phi) is 5.73. The Labute approximate surface area is 178 Å². The lowest BCUT2D eigenvalue weighted by Crippen LogP contribution is -2.44. The molecule has 0 aliphatic heterocycles. The highest BCUT2D eigenvalue weighted by Gasteiger charge is 2.29. The average molecular weight is 480 g/mol. The van der Waals surface area contributed by atoms with Gasteiger partial charge in [-0.25, -0.2) is 17.2 Å². The number of amides is 1. The molecule has 0 fully saturated rings. The Hall–Kier alpha value is -2.39. The van der Waals surface area contributed by atoms with E-state index in [1.807, 2.05) is 12.1 Å². The summed E-state index contributed by atoms with van der Waals surface area (Å²) < 4.78 is 27.7. The van der Waals surface area contributed by atoms with Gasteiger partial charge in [-0.1, -0.05) is 28.1 Å². The van der Waals surface area contributed by atoms with Gasteiger partial charge < -0.3 is 5.11 Å². The number of rotatable bonds is 5. The molecule has 1 amide bonds. The number of carbonyl (C=O) groups is 1. The molecule has 1 N–H and O–H groups in total. The maximum atomic E-state index is 13.3. The van der Waals surface area contributed by atoms with Crippen LogP contribution in [0.15, 0.2) is 53.8 Å². The second-order valence-electron chi connectivity index (χ2n) is 7.67. The van der Waals surface area contributed by atoms with Crippen molar-refractivity contribution in [2.24, 2.45) is 0 Å². The van der Waals surface area contributed by atoms with Gasteiger partial charge in [-0.2, -0.15) is 0 Å². The molecule has 0 atom stereocenters. The van der Waals surface area contributed by atoms with Crippen molar-refractivity contribution < 1.29 is 18.3 Å². The molecule has 7 nitrogen and oxygen atoms in total. The van der Waals surface area contributed by atoms with E-state index in [1.54, 1.807) is 32.9 Å². The number of carboxylic acid groups (broad SMARTS) is 1. The number of benzene rings is 1. The molecule has 0 aliphatic carbocycles. The zero-order chi connectivity index (χ0) is 21.4. The van der Waals surface area contributed by atoms with E-state index in [0.29, 0.717) is 21.8 Å². The van der Waals surface area contributed by atoms with Crippen LogP contribution in [-0.4, -0.2) is 39.0 Å². The number of fused-ring (bicyclic) bond motifs is 1. The van der Waals surface area contributed by atoms with Gasteiger partial charge in [0.15, 0.2) is 0 Å². The molecule has 0 bridgehead atoms. The lowest BCUT2D eigenvalue weighted by atomic mass is 10.0. The minimum Gasteiger partial charge on any atom is -0.465 e. The fraction of sp³-hybridized carbons (Fsp3) is 0.300. The van der Waals surface area contributed by atoms with Gasteiger partial charge in [0.25, 0.3) is 10.0 Å². The summed E-state index contributed by atoms with van der Waals surface area (Å²) in [5.74, 6) is 0. The van der Waals surface area contributed by atoms with Gasteiger partial charge in [-0.05, 0) is 50.1 Å². The molecule has 154 valence electrons. The quantitative estimate of drug-likeness (QED) is 0.545.